The van der Waals surface area contributed by atoms with Crippen molar-refractivity contribution >= 4 is 37.9 Å². The van der Waals surface area contributed by atoms with E-state index in [0.717, 1.165) is 18.1 Å². The van der Waals surface area contributed by atoms with Gasteiger partial charge in [-0.2, -0.15) is 0 Å². The van der Waals surface area contributed by atoms with Crippen LogP contribution in [0.3, 0.4) is 0 Å². The Labute approximate surface area is 128 Å². The maximum absolute atomic E-state index is 5.77. The summed E-state index contributed by atoms with van der Waals surface area (Å²) < 4.78 is 17.3. The van der Waals surface area contributed by atoms with E-state index in [-0.39, 0.29) is 0 Å². The average Bonchev–Trinajstić information content (AvgIpc) is 2.43. The molecule has 0 aromatic heterocycles. The fraction of sp³-hybridized carbons (Fsp3) is 1.00. The van der Waals surface area contributed by atoms with Crippen LogP contribution >= 0.6 is 8.60 Å². The van der Waals surface area contributed by atoms with Crippen molar-refractivity contribution in [2.24, 2.45) is 0 Å². The first-order valence-corrected chi connectivity index (χ1v) is 11.8. The third kappa shape index (κ3) is 15.2. The van der Waals surface area contributed by atoms with E-state index in [0.29, 0.717) is 29.3 Å². The Morgan fingerprint density at radius 2 is 0.947 bits per heavy atom. The second-order valence-electron chi connectivity index (χ2n) is 4.24. The van der Waals surface area contributed by atoms with Gasteiger partial charge in [-0.1, -0.05) is 59.3 Å². The van der Waals surface area contributed by atoms with Gasteiger partial charge in [-0.25, -0.2) is 0 Å². The highest BCUT2D eigenvalue weighted by Gasteiger charge is 2.13. The molecule has 19 heavy (non-hydrogen) atoms. The highest BCUT2D eigenvalue weighted by Crippen LogP contribution is 2.38. The van der Waals surface area contributed by atoms with Crippen LogP contribution in [0, 0.1) is 0 Å². The third-order valence-corrected chi connectivity index (χ3v) is 7.33. The van der Waals surface area contributed by atoms with Gasteiger partial charge >= 0.3 is 0 Å². The Kier molecular flexibility index (Phi) is 17.9. The quantitative estimate of drug-likeness (QED) is 0.245. The zero-order chi connectivity index (χ0) is 14.2. The third-order valence-electron chi connectivity index (χ3n) is 2.31. The van der Waals surface area contributed by atoms with Crippen molar-refractivity contribution in [2.45, 2.75) is 77.4 Å². The summed E-state index contributed by atoms with van der Waals surface area (Å²) in [6, 6.07) is 3.41. The Morgan fingerprint density at radius 3 is 1.21 bits per heavy atom. The van der Waals surface area contributed by atoms with Crippen molar-refractivity contribution in [3.63, 3.8) is 0 Å². The fourth-order valence-corrected chi connectivity index (χ4v) is 6.41. The molecule has 0 atom stereocenters. The van der Waals surface area contributed by atoms with Gasteiger partial charge < -0.3 is 12.6 Å². The summed E-state index contributed by atoms with van der Waals surface area (Å²) in [4.78, 5) is 0. The molecule has 0 fully saturated rings. The minimum absolute atomic E-state index is 0.531. The summed E-state index contributed by atoms with van der Waals surface area (Å²) in [7, 11) is 0.521. The van der Waals surface area contributed by atoms with Crippen LogP contribution in [-0.4, -0.2) is 29.3 Å². The van der Waals surface area contributed by atoms with Crippen LogP contribution in [-0.2, 0) is 12.6 Å². The lowest BCUT2D eigenvalue weighted by atomic mass is 10.4. The molecule has 0 saturated carbocycles. The van der Waals surface area contributed by atoms with Gasteiger partial charge in [0.15, 0.2) is 0 Å². The summed E-state index contributed by atoms with van der Waals surface area (Å²) in [5.41, 5.74) is 0. The molecule has 0 aliphatic carbocycles. The lowest BCUT2D eigenvalue weighted by molar-refractivity contribution is 0.414. The molecule has 0 unspecified atom stereocenters. The van der Waals surface area contributed by atoms with E-state index in [9.17, 15) is 0 Å². The SMILES string of the molecule is CCCC[Si]OP(O[Si]CCCC)O[Si]CCCC. The summed E-state index contributed by atoms with van der Waals surface area (Å²) in [5.74, 6) is 0. The van der Waals surface area contributed by atoms with Gasteiger partial charge in [-0.05, 0) is 18.1 Å². The van der Waals surface area contributed by atoms with Crippen LogP contribution in [0.15, 0.2) is 0 Å². The van der Waals surface area contributed by atoms with E-state index in [1.807, 2.05) is 0 Å². The van der Waals surface area contributed by atoms with E-state index >= 15 is 0 Å². The molecule has 0 aliphatic rings. The van der Waals surface area contributed by atoms with Crippen molar-refractivity contribution in [1.29, 1.82) is 0 Å². The van der Waals surface area contributed by atoms with E-state index in [1.165, 1.54) is 38.5 Å². The normalized spacial score (nSPS) is 11.4. The molecule has 0 spiro atoms. The predicted molar refractivity (Wildman–Crippen MR) is 86.6 cm³/mol. The minimum atomic E-state index is -1.07. The molecule has 0 heterocycles. The van der Waals surface area contributed by atoms with Gasteiger partial charge in [-0.15, -0.1) is 0 Å². The van der Waals surface area contributed by atoms with Gasteiger partial charge in [0.05, 0.1) is 0 Å². The van der Waals surface area contributed by atoms with Gasteiger partial charge in [0, 0.05) is 0 Å². The highest BCUT2D eigenvalue weighted by atomic mass is 31.2. The molecule has 0 saturated heterocycles. The molecule has 0 rings (SSSR count). The molecule has 110 valence electrons. The number of hydrogen-bond acceptors (Lipinski definition) is 3. The molecule has 0 amide bonds. The molecule has 0 aromatic rings. The van der Waals surface area contributed by atoms with Crippen LogP contribution < -0.4 is 0 Å². The topological polar surface area (TPSA) is 27.7 Å². The summed E-state index contributed by atoms with van der Waals surface area (Å²) in [6.07, 6.45) is 7.39. The zero-order valence-electron chi connectivity index (χ0n) is 12.5. The van der Waals surface area contributed by atoms with Crippen molar-refractivity contribution in [2.75, 3.05) is 0 Å². The van der Waals surface area contributed by atoms with Gasteiger partial charge in [-0.3, -0.25) is 0 Å². The van der Waals surface area contributed by atoms with Crippen LogP contribution in [0.1, 0.15) is 59.3 Å². The van der Waals surface area contributed by atoms with Crippen molar-refractivity contribution in [3.8, 4) is 0 Å². The van der Waals surface area contributed by atoms with Crippen molar-refractivity contribution in [3.05, 3.63) is 0 Å². The van der Waals surface area contributed by atoms with Gasteiger partial charge in [0.25, 0.3) is 8.60 Å². The Morgan fingerprint density at radius 1 is 0.632 bits per heavy atom. The van der Waals surface area contributed by atoms with Crippen molar-refractivity contribution < 1.29 is 12.6 Å². The van der Waals surface area contributed by atoms with Crippen LogP contribution in [0.5, 0.6) is 0 Å². The van der Waals surface area contributed by atoms with E-state index in [1.54, 1.807) is 0 Å². The van der Waals surface area contributed by atoms with E-state index < -0.39 is 8.60 Å². The average molecular weight is 335 g/mol. The van der Waals surface area contributed by atoms with E-state index in [4.69, 9.17) is 12.6 Å². The Hall–Kier alpha value is 0.961. The number of rotatable bonds is 15. The molecule has 6 radical (unpaired) electrons. The molecule has 3 nitrogen and oxygen atoms in total. The molecular weight excluding hydrogens is 307 g/mol. The Balaban J connectivity index is 3.66. The molecule has 0 aliphatic heterocycles. The zero-order valence-corrected chi connectivity index (χ0v) is 16.4. The maximum atomic E-state index is 5.77. The lowest BCUT2D eigenvalue weighted by Crippen LogP contribution is -2.05. The molecule has 7 heteroatoms. The predicted octanol–water partition coefficient (Wildman–Crippen LogP) is 4.78. The fourth-order valence-electron chi connectivity index (χ4n) is 1.10. The second kappa shape index (κ2) is 17.0. The lowest BCUT2D eigenvalue weighted by Gasteiger charge is -2.16. The molecule has 0 aromatic carbocycles. The van der Waals surface area contributed by atoms with Gasteiger partial charge in [0.1, 0.15) is 0 Å². The van der Waals surface area contributed by atoms with Crippen molar-refractivity contribution in [1.82, 2.24) is 0 Å². The number of hydrogen-bond donors (Lipinski definition) is 0. The first-order chi connectivity index (χ1) is 9.35. The van der Waals surface area contributed by atoms with Crippen LogP contribution in [0.25, 0.3) is 0 Å². The molecular formula is C12H27O3PSi3. The van der Waals surface area contributed by atoms with E-state index in [2.05, 4.69) is 20.8 Å². The number of unbranched alkanes of at least 4 members (excludes halogenated alkanes) is 3. The Bertz CT molecular complexity index is 150. The summed E-state index contributed by atoms with van der Waals surface area (Å²) in [5, 5.41) is 0. The minimum Gasteiger partial charge on any atom is -0.356 e. The smallest absolute Gasteiger partial charge is 0.299 e. The first kappa shape index (κ1) is 20.0. The molecule has 0 N–H and O–H groups in total. The highest BCUT2D eigenvalue weighted by molar-refractivity contribution is 7.45. The second-order valence-corrected chi connectivity index (χ2v) is 9.25. The summed E-state index contributed by atoms with van der Waals surface area (Å²) >= 11 is 0. The van der Waals surface area contributed by atoms with Crippen LogP contribution in [0.2, 0.25) is 18.1 Å². The first-order valence-electron chi connectivity index (χ1n) is 7.34. The maximum Gasteiger partial charge on any atom is 0.299 e. The van der Waals surface area contributed by atoms with Crippen LogP contribution in [0.4, 0.5) is 0 Å². The largest absolute Gasteiger partial charge is 0.356 e. The molecule has 0 bridgehead atoms. The monoisotopic (exact) mass is 334 g/mol. The standard InChI is InChI=1S/C12H27O3PSi3/c1-4-7-10-17-13-16(14-18-11-8-5-2)15-19-12-9-6-3/h4-12H2,1-3H3. The summed E-state index contributed by atoms with van der Waals surface area (Å²) in [6.45, 7) is 6.62. The van der Waals surface area contributed by atoms with Gasteiger partial charge in [0.2, 0.25) is 29.3 Å².